The van der Waals surface area contributed by atoms with E-state index in [-0.39, 0.29) is 17.2 Å². The molecule has 0 amide bonds. The highest BCUT2D eigenvalue weighted by atomic mass is 32.2. The third-order valence-electron chi connectivity index (χ3n) is 3.75. The molecule has 26 heavy (non-hydrogen) atoms. The number of non-ortho nitro benzene ring substituents is 1. The van der Waals surface area contributed by atoms with Crippen LogP contribution >= 0.6 is 23.1 Å². The lowest BCUT2D eigenvalue weighted by molar-refractivity contribution is -0.384. The predicted molar refractivity (Wildman–Crippen MR) is 101 cm³/mol. The Balaban J connectivity index is 1.66. The second-order valence-corrected chi connectivity index (χ2v) is 7.39. The average molecular weight is 388 g/mol. The van der Waals surface area contributed by atoms with Crippen LogP contribution in [-0.4, -0.2) is 31.2 Å². The Morgan fingerprint density at radius 1 is 1.27 bits per heavy atom. The van der Waals surface area contributed by atoms with Crippen LogP contribution in [0.4, 0.5) is 5.69 Å². The van der Waals surface area contributed by atoms with Gasteiger partial charge in [-0.2, -0.15) is 0 Å². The predicted octanol–water partition coefficient (Wildman–Crippen LogP) is 3.83. The van der Waals surface area contributed by atoms with Gasteiger partial charge in [0.15, 0.2) is 10.9 Å². The van der Waals surface area contributed by atoms with Gasteiger partial charge >= 0.3 is 0 Å². The van der Waals surface area contributed by atoms with Crippen molar-refractivity contribution in [3.8, 4) is 0 Å². The molecule has 0 N–H and O–H groups in total. The van der Waals surface area contributed by atoms with E-state index in [0.717, 1.165) is 18.8 Å². The summed E-state index contributed by atoms with van der Waals surface area (Å²) in [5.74, 6) is 0.977. The quantitative estimate of drug-likeness (QED) is 0.252. The normalized spacial score (nSPS) is 10.8. The number of benzene rings is 1. The number of aromatic nitrogens is 3. The molecule has 0 aliphatic carbocycles. The number of thiophene rings is 1. The van der Waals surface area contributed by atoms with Crippen molar-refractivity contribution >= 4 is 34.6 Å². The molecule has 0 spiro atoms. The first kappa shape index (κ1) is 18.3. The lowest BCUT2D eigenvalue weighted by Gasteiger charge is -2.06. The fraction of sp³-hybridized carbons (Fsp3) is 0.235. The highest BCUT2D eigenvalue weighted by molar-refractivity contribution is 7.99. The first-order chi connectivity index (χ1) is 12.6. The minimum atomic E-state index is -0.484. The number of ketones is 1. The zero-order valence-electron chi connectivity index (χ0n) is 14.0. The molecule has 0 saturated carbocycles. The van der Waals surface area contributed by atoms with E-state index in [1.807, 2.05) is 22.9 Å². The summed E-state index contributed by atoms with van der Waals surface area (Å²) in [5.41, 5.74) is 0.419. The van der Waals surface area contributed by atoms with Gasteiger partial charge in [-0.15, -0.1) is 21.5 Å². The average Bonchev–Trinajstić information content (AvgIpc) is 3.29. The summed E-state index contributed by atoms with van der Waals surface area (Å²) in [5, 5.41) is 21.9. The second-order valence-electron chi connectivity index (χ2n) is 5.42. The van der Waals surface area contributed by atoms with Crippen LogP contribution in [-0.2, 0) is 13.0 Å². The highest BCUT2D eigenvalue weighted by Crippen LogP contribution is 2.22. The summed E-state index contributed by atoms with van der Waals surface area (Å²) in [6, 6.07) is 9.70. The smallest absolute Gasteiger partial charge is 0.269 e. The number of carbonyl (C=O) groups excluding carboxylic acids is 1. The molecule has 0 aliphatic heterocycles. The van der Waals surface area contributed by atoms with Crippen LogP contribution in [0.25, 0.3) is 0 Å². The summed E-state index contributed by atoms with van der Waals surface area (Å²) >= 11 is 3.00. The number of hydrogen-bond donors (Lipinski definition) is 0. The monoisotopic (exact) mass is 388 g/mol. The second kappa shape index (κ2) is 8.24. The van der Waals surface area contributed by atoms with Crippen LogP contribution in [0, 0.1) is 10.1 Å². The van der Waals surface area contributed by atoms with Crippen LogP contribution in [0.5, 0.6) is 0 Å². The van der Waals surface area contributed by atoms with Crippen LogP contribution in [0.15, 0.2) is 46.9 Å². The molecule has 9 heteroatoms. The maximum atomic E-state index is 12.3. The molecule has 0 bridgehead atoms. The maximum Gasteiger partial charge on any atom is 0.269 e. The number of nitro benzene ring substituents is 1. The summed E-state index contributed by atoms with van der Waals surface area (Å²) < 4.78 is 2.01. The molecule has 2 heterocycles. The van der Waals surface area contributed by atoms with E-state index in [0.29, 0.717) is 10.7 Å². The highest BCUT2D eigenvalue weighted by Gasteiger charge is 2.15. The van der Waals surface area contributed by atoms with Crippen molar-refractivity contribution in [3.63, 3.8) is 0 Å². The number of hydrogen-bond acceptors (Lipinski definition) is 7. The van der Waals surface area contributed by atoms with E-state index >= 15 is 0 Å². The largest absolute Gasteiger partial charge is 0.306 e. The Morgan fingerprint density at radius 2 is 2.04 bits per heavy atom. The van der Waals surface area contributed by atoms with E-state index in [1.165, 1.54) is 40.9 Å². The Morgan fingerprint density at radius 3 is 2.65 bits per heavy atom. The van der Waals surface area contributed by atoms with Crippen LogP contribution in [0.2, 0.25) is 0 Å². The molecule has 3 aromatic rings. The SMILES string of the molecule is CCn1c(Cc2cccs2)nnc1SCC(=O)c1ccc([N+](=O)[O-])cc1. The van der Waals surface area contributed by atoms with Gasteiger partial charge in [0.25, 0.3) is 5.69 Å². The Hall–Kier alpha value is -2.52. The molecule has 0 radical (unpaired) electrons. The number of carbonyl (C=O) groups is 1. The van der Waals surface area contributed by atoms with E-state index in [2.05, 4.69) is 16.3 Å². The summed E-state index contributed by atoms with van der Waals surface area (Å²) in [6.07, 6.45) is 0.718. The number of nitro groups is 1. The molecule has 3 rings (SSSR count). The van der Waals surface area contributed by atoms with Gasteiger partial charge in [0.2, 0.25) is 0 Å². The van der Waals surface area contributed by atoms with Crippen molar-refractivity contribution in [2.75, 3.05) is 5.75 Å². The van der Waals surface area contributed by atoms with Gasteiger partial charge in [-0.25, -0.2) is 0 Å². The van der Waals surface area contributed by atoms with Gasteiger partial charge in [0.1, 0.15) is 5.82 Å². The number of rotatable bonds is 8. The first-order valence-corrected chi connectivity index (χ1v) is 9.80. The molecule has 1 aromatic carbocycles. The molecule has 0 fully saturated rings. The van der Waals surface area contributed by atoms with Crippen LogP contribution in [0.1, 0.15) is 28.0 Å². The van der Waals surface area contributed by atoms with E-state index in [9.17, 15) is 14.9 Å². The van der Waals surface area contributed by atoms with Gasteiger partial charge in [-0.05, 0) is 30.5 Å². The number of Topliss-reactive ketones (excluding diaryl/α,β-unsaturated/α-hetero) is 1. The van der Waals surface area contributed by atoms with E-state index in [1.54, 1.807) is 11.3 Å². The number of thioether (sulfide) groups is 1. The standard InChI is InChI=1S/C17H16N4O3S2/c1-2-20-16(10-14-4-3-9-25-14)18-19-17(20)26-11-15(22)12-5-7-13(8-6-12)21(23)24/h3-9H,2,10-11H2,1H3. The van der Waals surface area contributed by atoms with Crippen LogP contribution in [0.3, 0.4) is 0 Å². The minimum Gasteiger partial charge on any atom is -0.306 e. The first-order valence-electron chi connectivity index (χ1n) is 7.93. The molecule has 0 atom stereocenters. The summed E-state index contributed by atoms with van der Waals surface area (Å²) in [7, 11) is 0. The molecule has 7 nitrogen and oxygen atoms in total. The van der Waals surface area contributed by atoms with E-state index < -0.39 is 4.92 Å². The van der Waals surface area contributed by atoms with Crippen molar-refractivity contribution in [2.24, 2.45) is 0 Å². The summed E-state index contributed by atoms with van der Waals surface area (Å²) in [4.78, 5) is 23.7. The Bertz CT molecular complexity index is 905. The fourth-order valence-corrected chi connectivity index (χ4v) is 4.04. The molecule has 0 unspecified atom stereocenters. The van der Waals surface area contributed by atoms with E-state index in [4.69, 9.17) is 0 Å². The van der Waals surface area contributed by atoms with Crippen molar-refractivity contribution < 1.29 is 9.72 Å². The van der Waals surface area contributed by atoms with Crippen molar-refractivity contribution in [1.82, 2.24) is 14.8 Å². The number of nitrogens with zero attached hydrogens (tertiary/aromatic N) is 4. The molecule has 0 saturated heterocycles. The van der Waals surface area contributed by atoms with Gasteiger partial charge in [0, 0.05) is 35.5 Å². The Labute approximate surface area is 158 Å². The lowest BCUT2D eigenvalue weighted by atomic mass is 10.1. The van der Waals surface area contributed by atoms with Crippen LogP contribution < -0.4 is 0 Å². The zero-order valence-corrected chi connectivity index (χ0v) is 15.6. The van der Waals surface area contributed by atoms with Gasteiger partial charge in [-0.3, -0.25) is 14.9 Å². The minimum absolute atomic E-state index is 0.0295. The molecule has 134 valence electrons. The molecular formula is C17H16N4O3S2. The Kier molecular flexibility index (Phi) is 5.79. The van der Waals surface area contributed by atoms with Gasteiger partial charge in [0.05, 0.1) is 10.7 Å². The van der Waals surface area contributed by atoms with Gasteiger partial charge < -0.3 is 4.57 Å². The van der Waals surface area contributed by atoms with Crippen molar-refractivity contribution in [2.45, 2.75) is 25.0 Å². The molecular weight excluding hydrogens is 372 g/mol. The molecule has 0 aliphatic rings. The third kappa shape index (κ3) is 4.17. The van der Waals surface area contributed by atoms with Crippen molar-refractivity contribution in [1.29, 1.82) is 0 Å². The van der Waals surface area contributed by atoms with Crippen molar-refractivity contribution in [3.05, 3.63) is 68.2 Å². The fourth-order valence-electron chi connectivity index (χ4n) is 2.43. The maximum absolute atomic E-state index is 12.3. The molecule has 2 aromatic heterocycles. The summed E-state index contributed by atoms with van der Waals surface area (Å²) in [6.45, 7) is 2.74. The zero-order chi connectivity index (χ0) is 18.5. The topological polar surface area (TPSA) is 90.9 Å². The lowest BCUT2D eigenvalue weighted by Crippen LogP contribution is -2.06. The van der Waals surface area contributed by atoms with Gasteiger partial charge in [-0.1, -0.05) is 17.8 Å². The third-order valence-corrected chi connectivity index (χ3v) is 5.60.